The molecule has 1 aromatic heterocycles. The van der Waals surface area contributed by atoms with E-state index < -0.39 is 11.7 Å². The molecule has 0 unspecified atom stereocenters. The minimum Gasteiger partial charge on any atom is -0.267 e. The van der Waals surface area contributed by atoms with Gasteiger partial charge in [-0.3, -0.25) is 4.79 Å². The molecule has 0 bridgehead atoms. The van der Waals surface area contributed by atoms with Crippen molar-refractivity contribution >= 4 is 27.7 Å². The largest absolute Gasteiger partial charge is 0.274 e. The summed E-state index contributed by atoms with van der Waals surface area (Å²) in [5.41, 5.74) is 3.42. The van der Waals surface area contributed by atoms with Crippen LogP contribution in [0.25, 0.3) is 0 Å². The van der Waals surface area contributed by atoms with E-state index in [0.29, 0.717) is 16.6 Å². The molecule has 0 aliphatic carbocycles. The molecule has 0 radical (unpaired) electrons. The van der Waals surface area contributed by atoms with Crippen molar-refractivity contribution in [3.63, 3.8) is 0 Å². The Morgan fingerprint density at radius 3 is 2.58 bits per heavy atom. The first-order valence-electron chi connectivity index (χ1n) is 7.97. The molecule has 2 aromatic rings. The van der Waals surface area contributed by atoms with E-state index in [4.69, 9.17) is 5.26 Å². The average Bonchev–Trinajstić information content (AvgIpc) is 2.59. The maximum Gasteiger partial charge on any atom is 0.274 e. The molecule has 2 rings (SSSR count). The first-order valence-corrected chi connectivity index (χ1v) is 8.77. The Morgan fingerprint density at radius 1 is 1.35 bits per heavy atom. The van der Waals surface area contributed by atoms with Crippen molar-refractivity contribution < 1.29 is 9.18 Å². The summed E-state index contributed by atoms with van der Waals surface area (Å²) < 4.78 is 13.6. The van der Waals surface area contributed by atoms with Crippen LogP contribution in [0.5, 0.6) is 0 Å². The lowest BCUT2D eigenvalue weighted by molar-refractivity contribution is 0.0971. The van der Waals surface area contributed by atoms with E-state index in [2.05, 4.69) is 52.1 Å². The molecule has 8 heteroatoms. The minimum atomic E-state index is -0.427. The number of aromatic nitrogens is 2. The van der Waals surface area contributed by atoms with Crippen molar-refractivity contribution in [3.8, 4) is 6.07 Å². The number of carbonyl (C=O) groups is 1. The standard InChI is InChI=1S/C18H19BrFN5O/c1-18(2,3)8-9-23-25(16-14(19)11-22-15(10-21)24-16)17(26)12-4-6-13(20)7-5-12/h4-7,11,23H,8-9H2,1-3H3. The van der Waals surface area contributed by atoms with E-state index >= 15 is 0 Å². The zero-order valence-electron chi connectivity index (χ0n) is 14.8. The fourth-order valence-corrected chi connectivity index (χ4v) is 2.44. The van der Waals surface area contributed by atoms with Gasteiger partial charge in [0, 0.05) is 18.3 Å². The number of nitrogens with one attached hydrogen (secondary N) is 1. The Hall–Kier alpha value is -2.37. The Bertz CT molecular complexity index is 827. The number of hydrogen-bond donors (Lipinski definition) is 1. The second-order valence-electron chi connectivity index (χ2n) is 6.84. The highest BCUT2D eigenvalue weighted by molar-refractivity contribution is 9.10. The third-order valence-corrected chi connectivity index (χ3v) is 4.04. The maximum atomic E-state index is 13.2. The number of hydrogen-bond acceptors (Lipinski definition) is 5. The molecule has 26 heavy (non-hydrogen) atoms. The van der Waals surface area contributed by atoms with Crippen molar-refractivity contribution in [3.05, 3.63) is 52.1 Å². The molecule has 1 amide bonds. The number of nitrogens with zero attached hydrogens (tertiary/aromatic N) is 4. The Kier molecular flexibility index (Phi) is 6.40. The summed E-state index contributed by atoms with van der Waals surface area (Å²) in [6, 6.07) is 7.09. The van der Waals surface area contributed by atoms with E-state index in [1.54, 1.807) is 0 Å². The normalized spacial score (nSPS) is 11.1. The lowest BCUT2D eigenvalue weighted by atomic mass is 9.92. The van der Waals surface area contributed by atoms with Crippen LogP contribution in [0.4, 0.5) is 10.2 Å². The molecule has 0 aliphatic heterocycles. The summed E-state index contributed by atoms with van der Waals surface area (Å²) >= 11 is 3.32. The summed E-state index contributed by atoms with van der Waals surface area (Å²) in [5.74, 6) is -0.677. The van der Waals surface area contributed by atoms with E-state index in [1.807, 2.05) is 6.07 Å². The lowest BCUT2D eigenvalue weighted by Crippen LogP contribution is -2.45. The Labute approximate surface area is 160 Å². The number of rotatable bonds is 5. The van der Waals surface area contributed by atoms with Crippen LogP contribution in [0.1, 0.15) is 43.4 Å². The number of benzene rings is 1. The van der Waals surface area contributed by atoms with Gasteiger partial charge in [-0.05, 0) is 52.0 Å². The molecule has 136 valence electrons. The minimum absolute atomic E-state index is 0.0577. The van der Waals surface area contributed by atoms with Crippen molar-refractivity contribution in [2.24, 2.45) is 5.41 Å². The molecule has 1 N–H and O–H groups in total. The summed E-state index contributed by atoms with van der Waals surface area (Å²) in [4.78, 5) is 20.9. The molecule has 6 nitrogen and oxygen atoms in total. The fraction of sp³-hybridized carbons (Fsp3) is 0.333. The lowest BCUT2D eigenvalue weighted by Gasteiger charge is -2.26. The molecule has 0 atom stereocenters. The first kappa shape index (κ1) is 19.9. The van der Waals surface area contributed by atoms with Gasteiger partial charge in [-0.2, -0.15) is 10.2 Å². The Balaban J connectivity index is 2.37. The highest BCUT2D eigenvalue weighted by Gasteiger charge is 2.23. The number of anilines is 1. The van der Waals surface area contributed by atoms with Crippen LogP contribution in [0, 0.1) is 22.6 Å². The van der Waals surface area contributed by atoms with Crippen LogP contribution in [0.3, 0.4) is 0 Å². The first-order chi connectivity index (χ1) is 12.2. The van der Waals surface area contributed by atoms with Crippen LogP contribution < -0.4 is 10.4 Å². The third kappa shape index (κ3) is 5.31. The topological polar surface area (TPSA) is 81.9 Å². The van der Waals surface area contributed by atoms with Crippen LogP contribution in [-0.4, -0.2) is 22.4 Å². The summed E-state index contributed by atoms with van der Waals surface area (Å²) in [6.45, 7) is 6.79. The predicted molar refractivity (Wildman–Crippen MR) is 99.7 cm³/mol. The van der Waals surface area contributed by atoms with E-state index in [-0.39, 0.29) is 17.1 Å². The smallest absolute Gasteiger partial charge is 0.267 e. The van der Waals surface area contributed by atoms with Gasteiger partial charge in [-0.25, -0.2) is 19.8 Å². The van der Waals surface area contributed by atoms with Gasteiger partial charge >= 0.3 is 0 Å². The van der Waals surface area contributed by atoms with E-state index in [1.165, 1.54) is 35.5 Å². The zero-order chi connectivity index (χ0) is 19.3. The van der Waals surface area contributed by atoms with Crippen molar-refractivity contribution in [2.45, 2.75) is 27.2 Å². The molecule has 0 aliphatic rings. The molecule has 0 spiro atoms. The molecule has 1 aromatic carbocycles. The van der Waals surface area contributed by atoms with Gasteiger partial charge in [0.05, 0.1) is 4.47 Å². The zero-order valence-corrected chi connectivity index (χ0v) is 16.3. The summed E-state index contributed by atoms with van der Waals surface area (Å²) in [6.07, 6.45) is 2.21. The number of halogens is 2. The second kappa shape index (κ2) is 8.34. The Morgan fingerprint density at radius 2 is 2.00 bits per heavy atom. The number of hydrazine groups is 1. The summed E-state index contributed by atoms with van der Waals surface area (Å²) in [5, 5.41) is 10.3. The van der Waals surface area contributed by atoms with E-state index in [0.717, 1.165) is 6.42 Å². The molecular weight excluding hydrogens is 401 g/mol. The molecule has 0 saturated carbocycles. The summed E-state index contributed by atoms with van der Waals surface area (Å²) in [7, 11) is 0. The monoisotopic (exact) mass is 419 g/mol. The van der Waals surface area contributed by atoms with Gasteiger partial charge in [0.25, 0.3) is 5.91 Å². The van der Waals surface area contributed by atoms with Crippen molar-refractivity contribution in [2.75, 3.05) is 11.6 Å². The van der Waals surface area contributed by atoms with Crippen LogP contribution >= 0.6 is 15.9 Å². The van der Waals surface area contributed by atoms with E-state index in [9.17, 15) is 9.18 Å². The van der Waals surface area contributed by atoms with Gasteiger partial charge in [-0.1, -0.05) is 20.8 Å². The third-order valence-electron chi connectivity index (χ3n) is 3.48. The number of nitriles is 1. The molecule has 0 saturated heterocycles. The number of amides is 1. The highest BCUT2D eigenvalue weighted by Crippen LogP contribution is 2.24. The van der Waals surface area contributed by atoms with Gasteiger partial charge < -0.3 is 0 Å². The fourth-order valence-electron chi connectivity index (χ4n) is 2.08. The molecule has 0 fully saturated rings. The second-order valence-corrected chi connectivity index (χ2v) is 7.70. The number of carbonyl (C=O) groups excluding carboxylic acids is 1. The highest BCUT2D eigenvalue weighted by atomic mass is 79.9. The average molecular weight is 420 g/mol. The van der Waals surface area contributed by atoms with Gasteiger partial charge in [0.15, 0.2) is 5.82 Å². The van der Waals surface area contributed by atoms with Gasteiger partial charge in [-0.15, -0.1) is 0 Å². The van der Waals surface area contributed by atoms with Gasteiger partial charge in [0.2, 0.25) is 5.82 Å². The van der Waals surface area contributed by atoms with Crippen molar-refractivity contribution in [1.82, 2.24) is 15.4 Å². The maximum absolute atomic E-state index is 13.2. The van der Waals surface area contributed by atoms with Crippen molar-refractivity contribution in [1.29, 1.82) is 5.26 Å². The van der Waals surface area contributed by atoms with Gasteiger partial charge in [0.1, 0.15) is 11.9 Å². The molecular formula is C18H19BrFN5O. The van der Waals surface area contributed by atoms with Crippen LogP contribution in [-0.2, 0) is 0 Å². The predicted octanol–water partition coefficient (Wildman–Crippen LogP) is 3.84. The van der Waals surface area contributed by atoms with Crippen LogP contribution in [0.15, 0.2) is 34.9 Å². The quantitative estimate of drug-likeness (QED) is 0.744. The molecule has 1 heterocycles. The van der Waals surface area contributed by atoms with Crippen LogP contribution in [0.2, 0.25) is 0 Å². The SMILES string of the molecule is CC(C)(C)CCNN(C(=O)c1ccc(F)cc1)c1nc(C#N)ncc1Br.